The molecule has 1 N–H and O–H groups in total. The Morgan fingerprint density at radius 1 is 1.27 bits per heavy atom. The van der Waals surface area contributed by atoms with Crippen molar-refractivity contribution in [2.24, 2.45) is 0 Å². The predicted molar refractivity (Wildman–Crippen MR) is 58.7 cm³/mol. The Bertz CT molecular complexity index is 345. The summed E-state index contributed by atoms with van der Waals surface area (Å²) in [5, 5.41) is 9.12. The van der Waals surface area contributed by atoms with Crippen LogP contribution in [0.2, 0.25) is 0 Å². The number of carbonyl (C=O) groups is 1. The molecule has 1 aromatic rings. The van der Waals surface area contributed by atoms with Crippen LogP contribution in [0, 0.1) is 0 Å². The van der Waals surface area contributed by atoms with E-state index >= 15 is 0 Å². The number of aliphatic hydroxyl groups excluding tert-OH is 1. The van der Waals surface area contributed by atoms with Gasteiger partial charge >= 0.3 is 0 Å². The van der Waals surface area contributed by atoms with E-state index in [0.717, 1.165) is 18.4 Å². The highest BCUT2D eigenvalue weighted by molar-refractivity contribution is 5.92. The Balaban J connectivity index is 2.39. The Labute approximate surface area is 89.9 Å². The molecule has 2 nitrogen and oxygen atoms in total. The summed E-state index contributed by atoms with van der Waals surface area (Å²) in [6.07, 6.45) is 3.06. The Morgan fingerprint density at radius 2 is 2.00 bits per heavy atom. The number of ketones is 1. The third-order valence-electron chi connectivity index (χ3n) is 3.41. The predicted octanol–water partition coefficient (Wildman–Crippen LogP) is 2.06. The van der Waals surface area contributed by atoms with E-state index < -0.39 is 5.41 Å². The zero-order chi connectivity index (χ0) is 10.7. The SMILES string of the molecule is O=C1CCCC1(CCO)c1ccccc1. The number of rotatable bonds is 3. The summed E-state index contributed by atoms with van der Waals surface area (Å²) in [5.74, 6) is 0.294. The summed E-state index contributed by atoms with van der Waals surface area (Å²) in [6.45, 7) is 0.0840. The molecular weight excluding hydrogens is 188 g/mol. The normalized spacial score (nSPS) is 25.8. The Kier molecular flexibility index (Phi) is 2.87. The van der Waals surface area contributed by atoms with Crippen molar-refractivity contribution in [3.63, 3.8) is 0 Å². The third-order valence-corrected chi connectivity index (χ3v) is 3.41. The van der Waals surface area contributed by atoms with Gasteiger partial charge in [-0.3, -0.25) is 4.79 Å². The molecule has 0 aromatic heterocycles. The fraction of sp³-hybridized carbons (Fsp3) is 0.462. The molecule has 0 amide bonds. The molecule has 1 unspecified atom stereocenters. The molecule has 0 saturated heterocycles. The number of hydrogen-bond acceptors (Lipinski definition) is 2. The van der Waals surface area contributed by atoms with Gasteiger partial charge in [-0.25, -0.2) is 0 Å². The highest BCUT2D eigenvalue weighted by Crippen LogP contribution is 2.40. The van der Waals surface area contributed by atoms with Crippen molar-refractivity contribution in [1.82, 2.24) is 0 Å². The van der Waals surface area contributed by atoms with Crippen LogP contribution >= 0.6 is 0 Å². The van der Waals surface area contributed by atoms with Crippen molar-refractivity contribution in [2.45, 2.75) is 31.1 Å². The smallest absolute Gasteiger partial charge is 0.143 e. The fourth-order valence-electron chi connectivity index (χ4n) is 2.59. The van der Waals surface area contributed by atoms with Crippen molar-refractivity contribution in [1.29, 1.82) is 0 Å². The first-order valence-electron chi connectivity index (χ1n) is 5.49. The molecule has 1 aromatic carbocycles. The number of benzene rings is 1. The van der Waals surface area contributed by atoms with Crippen LogP contribution in [0.4, 0.5) is 0 Å². The zero-order valence-electron chi connectivity index (χ0n) is 8.78. The van der Waals surface area contributed by atoms with E-state index in [1.807, 2.05) is 30.3 Å². The number of carbonyl (C=O) groups excluding carboxylic acids is 1. The van der Waals surface area contributed by atoms with Crippen LogP contribution in [-0.4, -0.2) is 17.5 Å². The van der Waals surface area contributed by atoms with Gasteiger partial charge in [0.15, 0.2) is 0 Å². The lowest BCUT2D eigenvalue weighted by atomic mass is 9.75. The van der Waals surface area contributed by atoms with Crippen molar-refractivity contribution in [3.05, 3.63) is 35.9 Å². The van der Waals surface area contributed by atoms with Crippen LogP contribution in [0.5, 0.6) is 0 Å². The molecule has 0 spiro atoms. The van der Waals surface area contributed by atoms with E-state index in [1.54, 1.807) is 0 Å². The van der Waals surface area contributed by atoms with Crippen LogP contribution in [0.15, 0.2) is 30.3 Å². The number of Topliss-reactive ketones (excluding diaryl/α,β-unsaturated/α-hetero) is 1. The molecule has 15 heavy (non-hydrogen) atoms. The van der Waals surface area contributed by atoms with Gasteiger partial charge in [0.25, 0.3) is 0 Å². The second-order valence-corrected chi connectivity index (χ2v) is 4.20. The first-order valence-corrected chi connectivity index (χ1v) is 5.49. The van der Waals surface area contributed by atoms with Crippen LogP contribution in [-0.2, 0) is 10.2 Å². The molecule has 2 rings (SSSR count). The van der Waals surface area contributed by atoms with E-state index in [9.17, 15) is 4.79 Å². The minimum Gasteiger partial charge on any atom is -0.396 e. The second-order valence-electron chi connectivity index (χ2n) is 4.20. The zero-order valence-corrected chi connectivity index (χ0v) is 8.78. The Hall–Kier alpha value is -1.15. The minimum absolute atomic E-state index is 0.0840. The molecule has 0 heterocycles. The fourth-order valence-corrected chi connectivity index (χ4v) is 2.59. The largest absolute Gasteiger partial charge is 0.396 e. The lowest BCUT2D eigenvalue weighted by Crippen LogP contribution is -2.31. The monoisotopic (exact) mass is 204 g/mol. The summed E-state index contributed by atoms with van der Waals surface area (Å²) >= 11 is 0. The van der Waals surface area contributed by atoms with E-state index in [-0.39, 0.29) is 6.61 Å². The molecule has 1 fully saturated rings. The molecule has 1 aliphatic rings. The molecule has 0 aliphatic heterocycles. The molecule has 1 atom stereocenters. The summed E-state index contributed by atoms with van der Waals surface area (Å²) in [6, 6.07) is 9.87. The lowest BCUT2D eigenvalue weighted by Gasteiger charge is -2.27. The van der Waals surface area contributed by atoms with Crippen molar-refractivity contribution < 1.29 is 9.90 Å². The number of hydrogen-bond donors (Lipinski definition) is 1. The third kappa shape index (κ3) is 1.70. The summed E-state index contributed by atoms with van der Waals surface area (Å²) in [7, 11) is 0. The van der Waals surface area contributed by atoms with Crippen LogP contribution in [0.1, 0.15) is 31.2 Å². The second kappa shape index (κ2) is 4.15. The maximum Gasteiger partial charge on any atom is 0.143 e. The van der Waals surface area contributed by atoms with Crippen LogP contribution in [0.3, 0.4) is 0 Å². The molecule has 1 saturated carbocycles. The summed E-state index contributed by atoms with van der Waals surface area (Å²) in [4.78, 5) is 12.0. The molecule has 1 aliphatic carbocycles. The van der Waals surface area contributed by atoms with Gasteiger partial charge < -0.3 is 5.11 Å². The van der Waals surface area contributed by atoms with Crippen LogP contribution in [0.25, 0.3) is 0 Å². The van der Waals surface area contributed by atoms with E-state index in [1.165, 1.54) is 0 Å². The highest BCUT2D eigenvalue weighted by Gasteiger charge is 2.42. The van der Waals surface area contributed by atoms with Gasteiger partial charge in [0.1, 0.15) is 5.78 Å². The molecule has 0 bridgehead atoms. The highest BCUT2D eigenvalue weighted by atomic mass is 16.3. The first kappa shape index (κ1) is 10.4. The molecule has 2 heteroatoms. The lowest BCUT2D eigenvalue weighted by molar-refractivity contribution is -0.122. The van der Waals surface area contributed by atoms with Gasteiger partial charge in [0.05, 0.1) is 5.41 Å². The molecular formula is C13H16O2. The average molecular weight is 204 g/mol. The van der Waals surface area contributed by atoms with Crippen molar-refractivity contribution >= 4 is 5.78 Å². The van der Waals surface area contributed by atoms with Gasteiger partial charge in [-0.15, -0.1) is 0 Å². The van der Waals surface area contributed by atoms with Crippen LogP contribution < -0.4 is 0 Å². The van der Waals surface area contributed by atoms with Gasteiger partial charge in [-0.05, 0) is 24.8 Å². The van der Waals surface area contributed by atoms with Crippen molar-refractivity contribution in [2.75, 3.05) is 6.61 Å². The molecule has 80 valence electrons. The molecule has 0 radical (unpaired) electrons. The summed E-state index contributed by atoms with van der Waals surface area (Å²) in [5.41, 5.74) is 0.678. The van der Waals surface area contributed by atoms with Gasteiger partial charge in [-0.1, -0.05) is 30.3 Å². The quantitative estimate of drug-likeness (QED) is 0.818. The minimum atomic E-state index is -0.393. The van der Waals surface area contributed by atoms with Crippen molar-refractivity contribution in [3.8, 4) is 0 Å². The average Bonchev–Trinajstić information content (AvgIpc) is 2.63. The van der Waals surface area contributed by atoms with Gasteiger partial charge in [-0.2, -0.15) is 0 Å². The Morgan fingerprint density at radius 3 is 2.53 bits per heavy atom. The van der Waals surface area contributed by atoms with E-state index in [0.29, 0.717) is 18.6 Å². The summed E-state index contributed by atoms with van der Waals surface area (Å²) < 4.78 is 0. The van der Waals surface area contributed by atoms with E-state index in [4.69, 9.17) is 5.11 Å². The first-order chi connectivity index (χ1) is 7.29. The number of aliphatic hydroxyl groups is 1. The van der Waals surface area contributed by atoms with E-state index in [2.05, 4.69) is 0 Å². The van der Waals surface area contributed by atoms with Gasteiger partial charge in [0.2, 0.25) is 0 Å². The maximum absolute atomic E-state index is 12.0. The standard InChI is InChI=1S/C13H16O2/c14-10-9-13(8-4-7-12(13)15)11-5-2-1-3-6-11/h1-3,5-6,14H,4,7-10H2. The van der Waals surface area contributed by atoms with Gasteiger partial charge in [0, 0.05) is 13.0 Å². The topological polar surface area (TPSA) is 37.3 Å². The maximum atomic E-state index is 12.0.